The van der Waals surface area contributed by atoms with E-state index in [-0.39, 0.29) is 17.6 Å². The molecule has 3 aliphatic heterocycles. The van der Waals surface area contributed by atoms with E-state index in [1.54, 1.807) is 0 Å². The number of aliphatic hydroxyl groups excluding tert-OH is 1. The van der Waals surface area contributed by atoms with Gasteiger partial charge in [0.25, 0.3) is 0 Å². The zero-order valence-electron chi connectivity index (χ0n) is 29.7. The monoisotopic (exact) mass is 636 g/mol. The predicted octanol–water partition coefficient (Wildman–Crippen LogP) is 6.28. The lowest BCUT2D eigenvalue weighted by Crippen LogP contribution is -2.30. The highest BCUT2D eigenvalue weighted by Crippen LogP contribution is 2.39. The molecular formula is C42H60N4O. The number of benzene rings is 3. The summed E-state index contributed by atoms with van der Waals surface area (Å²) in [5.74, 6) is 0.724. The van der Waals surface area contributed by atoms with Gasteiger partial charge in [0.2, 0.25) is 0 Å². The summed E-state index contributed by atoms with van der Waals surface area (Å²) >= 11 is 0. The van der Waals surface area contributed by atoms with Crippen molar-refractivity contribution in [1.82, 2.24) is 14.7 Å². The van der Waals surface area contributed by atoms with Crippen molar-refractivity contribution >= 4 is 0 Å². The van der Waals surface area contributed by atoms with E-state index < -0.39 is 0 Å². The Morgan fingerprint density at radius 2 is 0.979 bits per heavy atom. The van der Waals surface area contributed by atoms with Gasteiger partial charge in [-0.05, 0) is 106 Å². The largest absolute Gasteiger partial charge is 0.392 e. The first kappa shape index (κ1) is 34.3. The predicted molar refractivity (Wildman–Crippen MR) is 196 cm³/mol. The molecule has 47 heavy (non-hydrogen) atoms. The Hall–Kier alpha value is -2.54. The first-order chi connectivity index (χ1) is 22.6. The highest BCUT2D eigenvalue weighted by Gasteiger charge is 2.33. The average Bonchev–Trinajstić information content (AvgIpc) is 4.04. The van der Waals surface area contributed by atoms with Gasteiger partial charge in [-0.3, -0.25) is 14.7 Å². The standard InChI is InChI=1S/C42H60N4O/c1-30(24-44-25-31(44)2)6-7-34-8-16-37(17-9-34)42(5,38-18-10-35(11-19-38)14-22-40(43)28-45-26-32(45)3)39-20-12-36(13-21-39)15-23-41(47)29-46-27-33(46)4/h8-13,16-21,30-33,40-41,47H,6-7,14-15,22-29,43H2,1-5H3. The Bertz CT molecular complexity index is 1250. The molecule has 0 aromatic heterocycles. The molecule has 0 spiro atoms. The fourth-order valence-corrected chi connectivity index (χ4v) is 7.50. The number of nitrogens with two attached hydrogens (primary N) is 1. The highest BCUT2D eigenvalue weighted by atomic mass is 16.3. The highest BCUT2D eigenvalue weighted by molar-refractivity contribution is 5.51. The molecular weight excluding hydrogens is 576 g/mol. The summed E-state index contributed by atoms with van der Waals surface area (Å²) in [7, 11) is 0. The van der Waals surface area contributed by atoms with Crippen molar-refractivity contribution in [3.8, 4) is 0 Å². The Morgan fingerprint density at radius 1 is 0.617 bits per heavy atom. The first-order valence-electron chi connectivity index (χ1n) is 18.5. The van der Waals surface area contributed by atoms with Crippen molar-refractivity contribution in [2.45, 2.75) is 109 Å². The van der Waals surface area contributed by atoms with E-state index in [0.717, 1.165) is 63.7 Å². The maximum absolute atomic E-state index is 10.6. The molecule has 0 amide bonds. The van der Waals surface area contributed by atoms with E-state index in [1.165, 1.54) is 59.4 Å². The molecule has 3 N–H and O–H groups in total. The van der Waals surface area contributed by atoms with E-state index in [2.05, 4.69) is 122 Å². The van der Waals surface area contributed by atoms with E-state index in [0.29, 0.717) is 12.1 Å². The number of aliphatic hydroxyl groups is 1. The van der Waals surface area contributed by atoms with Crippen molar-refractivity contribution in [3.63, 3.8) is 0 Å². The van der Waals surface area contributed by atoms with Crippen LogP contribution in [0.25, 0.3) is 0 Å². The van der Waals surface area contributed by atoms with Crippen LogP contribution < -0.4 is 5.73 Å². The van der Waals surface area contributed by atoms with Gasteiger partial charge in [0.1, 0.15) is 0 Å². The fraction of sp³-hybridized carbons (Fsp3) is 0.571. The van der Waals surface area contributed by atoms with Gasteiger partial charge in [0.05, 0.1) is 6.10 Å². The van der Waals surface area contributed by atoms with Gasteiger partial charge in [0.15, 0.2) is 0 Å². The summed E-state index contributed by atoms with van der Waals surface area (Å²) < 4.78 is 0. The molecule has 5 heteroatoms. The molecule has 3 aliphatic rings. The Morgan fingerprint density at radius 3 is 1.40 bits per heavy atom. The number of nitrogens with zero attached hydrogens (tertiary/aromatic N) is 3. The summed E-state index contributed by atoms with van der Waals surface area (Å²) in [6, 6.07) is 30.3. The van der Waals surface area contributed by atoms with Gasteiger partial charge in [-0.2, -0.15) is 0 Å². The second-order valence-electron chi connectivity index (χ2n) is 15.8. The van der Waals surface area contributed by atoms with Crippen molar-refractivity contribution in [2.75, 3.05) is 39.3 Å². The molecule has 10 atom stereocenters. The summed E-state index contributed by atoms with van der Waals surface area (Å²) in [5, 5.41) is 10.6. The molecule has 0 radical (unpaired) electrons. The number of hydrogen-bond donors (Lipinski definition) is 2. The number of aryl methyl sites for hydroxylation is 3. The molecule has 3 aromatic carbocycles. The minimum atomic E-state index is -0.279. The smallest absolute Gasteiger partial charge is 0.0670 e. The molecule has 3 fully saturated rings. The van der Waals surface area contributed by atoms with E-state index in [1.807, 2.05) is 0 Å². The van der Waals surface area contributed by atoms with E-state index >= 15 is 0 Å². The second-order valence-corrected chi connectivity index (χ2v) is 15.8. The van der Waals surface area contributed by atoms with Crippen LogP contribution in [0.3, 0.4) is 0 Å². The van der Waals surface area contributed by atoms with Crippen molar-refractivity contribution in [3.05, 3.63) is 106 Å². The van der Waals surface area contributed by atoms with E-state index in [4.69, 9.17) is 5.73 Å². The molecule has 6 rings (SSSR count). The van der Waals surface area contributed by atoms with Gasteiger partial charge in [-0.15, -0.1) is 0 Å². The van der Waals surface area contributed by atoms with E-state index in [9.17, 15) is 5.11 Å². The van der Waals surface area contributed by atoms with Crippen LogP contribution in [0, 0.1) is 5.92 Å². The molecule has 3 aromatic rings. The second kappa shape index (κ2) is 14.9. The summed E-state index contributed by atoms with van der Waals surface area (Å²) in [6.07, 6.45) is 5.84. The van der Waals surface area contributed by atoms with Gasteiger partial charge in [0, 0.05) is 68.9 Å². The minimum absolute atomic E-state index is 0.232. The minimum Gasteiger partial charge on any atom is -0.392 e. The first-order valence-corrected chi connectivity index (χ1v) is 18.5. The van der Waals surface area contributed by atoms with Crippen LogP contribution in [0.4, 0.5) is 0 Å². The molecule has 0 aliphatic carbocycles. The number of rotatable bonds is 18. The quantitative estimate of drug-likeness (QED) is 0.127. The third-order valence-electron chi connectivity index (χ3n) is 11.5. The zero-order chi connectivity index (χ0) is 33.1. The van der Waals surface area contributed by atoms with Gasteiger partial charge < -0.3 is 10.8 Å². The van der Waals surface area contributed by atoms with Crippen molar-refractivity contribution in [2.24, 2.45) is 11.7 Å². The lowest BCUT2D eigenvalue weighted by molar-refractivity contribution is 0.142. The van der Waals surface area contributed by atoms with Crippen LogP contribution in [-0.2, 0) is 24.7 Å². The molecule has 5 nitrogen and oxygen atoms in total. The maximum atomic E-state index is 10.6. The third kappa shape index (κ3) is 9.13. The lowest BCUT2D eigenvalue weighted by atomic mass is 9.70. The Balaban J connectivity index is 1.15. The van der Waals surface area contributed by atoms with Crippen LogP contribution in [0.2, 0.25) is 0 Å². The Kier molecular flexibility index (Phi) is 10.9. The van der Waals surface area contributed by atoms with Gasteiger partial charge >= 0.3 is 0 Å². The number of hydrogen-bond acceptors (Lipinski definition) is 5. The number of β-amino-alcohol motifs (C(OH)–C–C–N with tert-alkyl or cyclic N) is 1. The van der Waals surface area contributed by atoms with Crippen molar-refractivity contribution in [1.29, 1.82) is 0 Å². The Labute approximate surface area is 285 Å². The van der Waals surface area contributed by atoms with Crippen LogP contribution >= 0.6 is 0 Å². The zero-order valence-corrected chi connectivity index (χ0v) is 29.7. The topological polar surface area (TPSA) is 55.3 Å². The van der Waals surface area contributed by atoms with Crippen LogP contribution in [0.1, 0.15) is 87.3 Å². The van der Waals surface area contributed by atoms with Crippen LogP contribution in [-0.4, -0.2) is 89.3 Å². The van der Waals surface area contributed by atoms with Gasteiger partial charge in [-0.1, -0.05) is 79.7 Å². The molecule has 254 valence electrons. The summed E-state index contributed by atoms with van der Waals surface area (Å²) in [5.41, 5.74) is 14.2. The molecule has 0 saturated carbocycles. The molecule has 3 heterocycles. The fourth-order valence-electron chi connectivity index (χ4n) is 7.50. The van der Waals surface area contributed by atoms with Crippen LogP contribution in [0.15, 0.2) is 72.8 Å². The van der Waals surface area contributed by atoms with Crippen LogP contribution in [0.5, 0.6) is 0 Å². The molecule has 3 saturated heterocycles. The third-order valence-corrected chi connectivity index (χ3v) is 11.5. The average molecular weight is 637 g/mol. The summed E-state index contributed by atoms with van der Waals surface area (Å²) in [4.78, 5) is 7.37. The summed E-state index contributed by atoms with van der Waals surface area (Å²) in [6.45, 7) is 18.2. The molecule has 10 unspecified atom stereocenters. The molecule has 0 bridgehead atoms. The SMILES string of the molecule is CC(CCc1ccc(C(C)(c2ccc(CCC(N)CN3CC3C)cc2)c2ccc(CCC(O)CN3CC3C)cc2)cc1)CN1CC1C. The normalized spacial score (nSPS) is 27.9. The lowest BCUT2D eigenvalue weighted by Gasteiger charge is -2.32. The van der Waals surface area contributed by atoms with Gasteiger partial charge in [-0.25, -0.2) is 0 Å². The van der Waals surface area contributed by atoms with Crippen molar-refractivity contribution < 1.29 is 5.11 Å². The maximum Gasteiger partial charge on any atom is 0.0670 e.